The van der Waals surface area contributed by atoms with E-state index in [2.05, 4.69) is 9.88 Å². The van der Waals surface area contributed by atoms with Crippen LogP contribution in [0.2, 0.25) is 0 Å². The first kappa shape index (κ1) is 14.4. The summed E-state index contributed by atoms with van der Waals surface area (Å²) in [7, 11) is 1.66. The van der Waals surface area contributed by atoms with Crippen LogP contribution in [0.25, 0.3) is 10.2 Å². The van der Waals surface area contributed by atoms with Gasteiger partial charge in [0.15, 0.2) is 16.6 Å². The second-order valence-electron chi connectivity index (χ2n) is 5.27. The van der Waals surface area contributed by atoms with Crippen molar-refractivity contribution in [2.45, 2.75) is 19.3 Å². The minimum atomic E-state index is 0.568. The Morgan fingerprint density at radius 1 is 1.29 bits per heavy atom. The highest BCUT2D eigenvalue weighted by atomic mass is 32.1. The number of thiazole rings is 1. The Kier molecular flexibility index (Phi) is 4.45. The first-order chi connectivity index (χ1) is 10.3. The lowest BCUT2D eigenvalue weighted by molar-refractivity contribution is 0.254. The summed E-state index contributed by atoms with van der Waals surface area (Å²) in [5, 5.41) is 0.568. The number of aromatic nitrogens is 1. The Balaban J connectivity index is 1.61. The van der Waals surface area contributed by atoms with Gasteiger partial charge in [0, 0.05) is 18.7 Å². The zero-order chi connectivity index (χ0) is 14.7. The minimum Gasteiger partial charge on any atom is -0.493 e. The lowest BCUT2D eigenvalue weighted by atomic mass is 10.3. The van der Waals surface area contributed by atoms with Crippen LogP contribution in [0.1, 0.15) is 19.3 Å². The third-order valence-electron chi connectivity index (χ3n) is 3.77. The Labute approximate surface area is 128 Å². The van der Waals surface area contributed by atoms with E-state index in [1.807, 2.05) is 12.1 Å². The molecule has 0 bridgehead atoms. The van der Waals surface area contributed by atoms with Crippen molar-refractivity contribution in [3.05, 3.63) is 12.1 Å². The molecule has 0 amide bonds. The molecule has 0 aliphatic carbocycles. The minimum absolute atomic E-state index is 0.568. The van der Waals surface area contributed by atoms with Crippen LogP contribution in [0, 0.1) is 0 Å². The van der Waals surface area contributed by atoms with Gasteiger partial charge in [0.25, 0.3) is 0 Å². The van der Waals surface area contributed by atoms with Crippen LogP contribution < -0.4 is 15.2 Å². The fourth-order valence-corrected chi connectivity index (χ4v) is 3.45. The van der Waals surface area contributed by atoms with Crippen LogP contribution in [-0.4, -0.2) is 43.2 Å². The van der Waals surface area contributed by atoms with Crippen LogP contribution in [0.3, 0.4) is 0 Å². The SMILES string of the molecule is COc1cc2sc(N)nc2cc1OCCCN1CCCC1. The molecule has 0 radical (unpaired) electrons. The Morgan fingerprint density at radius 3 is 2.86 bits per heavy atom. The van der Waals surface area contributed by atoms with E-state index in [-0.39, 0.29) is 0 Å². The molecular weight excluding hydrogens is 286 g/mol. The largest absolute Gasteiger partial charge is 0.493 e. The van der Waals surface area contributed by atoms with E-state index < -0.39 is 0 Å². The number of anilines is 1. The van der Waals surface area contributed by atoms with Crippen molar-refractivity contribution in [3.63, 3.8) is 0 Å². The molecule has 0 spiro atoms. The Bertz CT molecular complexity index is 608. The molecule has 1 aliphatic rings. The summed E-state index contributed by atoms with van der Waals surface area (Å²) in [6, 6.07) is 3.86. The predicted octanol–water partition coefficient (Wildman–Crippen LogP) is 2.75. The first-order valence-electron chi connectivity index (χ1n) is 7.35. The van der Waals surface area contributed by atoms with Gasteiger partial charge in [-0.1, -0.05) is 11.3 Å². The van der Waals surface area contributed by atoms with Gasteiger partial charge in [-0.05, 0) is 32.4 Å². The molecule has 5 nitrogen and oxygen atoms in total. The van der Waals surface area contributed by atoms with Gasteiger partial charge in [-0.3, -0.25) is 0 Å². The molecule has 2 N–H and O–H groups in total. The molecule has 2 aromatic rings. The second-order valence-corrected chi connectivity index (χ2v) is 6.34. The van der Waals surface area contributed by atoms with E-state index in [4.69, 9.17) is 15.2 Å². The van der Waals surface area contributed by atoms with Crippen molar-refractivity contribution in [1.82, 2.24) is 9.88 Å². The van der Waals surface area contributed by atoms with Gasteiger partial charge < -0.3 is 20.1 Å². The first-order valence-corrected chi connectivity index (χ1v) is 8.17. The number of ether oxygens (including phenoxy) is 2. The number of hydrogen-bond donors (Lipinski definition) is 1. The van der Waals surface area contributed by atoms with Gasteiger partial charge in [-0.2, -0.15) is 0 Å². The number of likely N-dealkylation sites (tertiary alicyclic amines) is 1. The Hall–Kier alpha value is -1.53. The molecule has 1 aliphatic heterocycles. The van der Waals surface area contributed by atoms with E-state index in [0.29, 0.717) is 11.7 Å². The summed E-state index contributed by atoms with van der Waals surface area (Å²) in [5.41, 5.74) is 6.61. The number of nitrogens with zero attached hydrogens (tertiary/aromatic N) is 2. The number of nitrogen functional groups attached to an aromatic ring is 1. The molecule has 1 aromatic heterocycles. The van der Waals surface area contributed by atoms with Crippen molar-refractivity contribution in [2.24, 2.45) is 0 Å². The molecule has 2 heterocycles. The van der Waals surface area contributed by atoms with Crippen LogP contribution in [0.4, 0.5) is 5.13 Å². The summed E-state index contributed by atoms with van der Waals surface area (Å²) >= 11 is 1.46. The zero-order valence-corrected chi connectivity index (χ0v) is 13.1. The van der Waals surface area contributed by atoms with Gasteiger partial charge >= 0.3 is 0 Å². The molecule has 0 atom stereocenters. The number of nitrogens with two attached hydrogens (primary N) is 1. The number of rotatable bonds is 6. The number of benzene rings is 1. The molecule has 0 saturated carbocycles. The van der Waals surface area contributed by atoms with E-state index in [1.54, 1.807) is 7.11 Å². The lowest BCUT2D eigenvalue weighted by Crippen LogP contribution is -2.21. The van der Waals surface area contributed by atoms with E-state index >= 15 is 0 Å². The molecule has 1 fully saturated rings. The highest BCUT2D eigenvalue weighted by Gasteiger charge is 2.12. The van der Waals surface area contributed by atoms with Gasteiger partial charge in [-0.25, -0.2) is 4.98 Å². The van der Waals surface area contributed by atoms with E-state index in [1.165, 1.54) is 37.3 Å². The van der Waals surface area contributed by atoms with Crippen molar-refractivity contribution in [1.29, 1.82) is 0 Å². The van der Waals surface area contributed by atoms with Gasteiger partial charge in [0.05, 0.1) is 23.9 Å². The maximum Gasteiger partial charge on any atom is 0.181 e. The van der Waals surface area contributed by atoms with Crippen molar-refractivity contribution < 1.29 is 9.47 Å². The number of hydrogen-bond acceptors (Lipinski definition) is 6. The molecule has 3 rings (SSSR count). The maximum absolute atomic E-state index is 5.88. The fraction of sp³-hybridized carbons (Fsp3) is 0.533. The standard InChI is InChI=1S/C15H21N3O2S/c1-19-12-10-14-11(17-15(16)21-14)9-13(12)20-8-4-7-18-5-2-3-6-18/h9-10H,2-8H2,1H3,(H2,16,17). The third kappa shape index (κ3) is 3.39. The maximum atomic E-state index is 5.88. The van der Waals surface area contributed by atoms with Gasteiger partial charge in [-0.15, -0.1) is 0 Å². The molecular formula is C15H21N3O2S. The van der Waals surface area contributed by atoms with E-state index in [9.17, 15) is 0 Å². The summed E-state index contributed by atoms with van der Waals surface area (Å²) in [4.78, 5) is 6.78. The Morgan fingerprint density at radius 2 is 2.10 bits per heavy atom. The van der Waals surface area contributed by atoms with Crippen molar-refractivity contribution in [3.8, 4) is 11.5 Å². The average molecular weight is 307 g/mol. The van der Waals surface area contributed by atoms with Gasteiger partial charge in [0.1, 0.15) is 0 Å². The lowest BCUT2D eigenvalue weighted by Gasteiger charge is -2.15. The average Bonchev–Trinajstić information content (AvgIpc) is 3.10. The fourth-order valence-electron chi connectivity index (χ4n) is 2.70. The summed E-state index contributed by atoms with van der Waals surface area (Å²) in [6.07, 6.45) is 3.69. The molecule has 21 heavy (non-hydrogen) atoms. The van der Waals surface area contributed by atoms with Crippen LogP contribution in [-0.2, 0) is 0 Å². The predicted molar refractivity (Wildman–Crippen MR) is 86.4 cm³/mol. The monoisotopic (exact) mass is 307 g/mol. The second kappa shape index (κ2) is 6.49. The molecule has 1 saturated heterocycles. The van der Waals surface area contributed by atoms with Crippen molar-refractivity contribution in [2.75, 3.05) is 39.1 Å². The smallest absolute Gasteiger partial charge is 0.181 e. The quantitative estimate of drug-likeness (QED) is 0.832. The van der Waals surface area contributed by atoms with Crippen LogP contribution in [0.15, 0.2) is 12.1 Å². The number of methoxy groups -OCH3 is 1. The van der Waals surface area contributed by atoms with Crippen LogP contribution in [0.5, 0.6) is 11.5 Å². The molecule has 114 valence electrons. The highest BCUT2D eigenvalue weighted by Crippen LogP contribution is 2.35. The normalized spacial score (nSPS) is 15.7. The summed E-state index contributed by atoms with van der Waals surface area (Å²) in [6.45, 7) is 4.26. The third-order valence-corrected chi connectivity index (χ3v) is 4.61. The number of fused-ring (bicyclic) bond motifs is 1. The van der Waals surface area contributed by atoms with E-state index in [0.717, 1.165) is 34.7 Å². The summed E-state index contributed by atoms with van der Waals surface area (Å²) in [5.74, 6) is 1.49. The molecule has 6 heteroatoms. The summed E-state index contributed by atoms with van der Waals surface area (Å²) < 4.78 is 12.3. The zero-order valence-electron chi connectivity index (χ0n) is 12.3. The van der Waals surface area contributed by atoms with Crippen molar-refractivity contribution >= 4 is 26.7 Å². The molecule has 1 aromatic carbocycles. The topological polar surface area (TPSA) is 60.6 Å². The molecule has 0 unspecified atom stereocenters. The highest BCUT2D eigenvalue weighted by molar-refractivity contribution is 7.22. The van der Waals surface area contributed by atoms with Crippen LogP contribution >= 0.6 is 11.3 Å². The van der Waals surface area contributed by atoms with Gasteiger partial charge in [0.2, 0.25) is 0 Å².